The van der Waals surface area contributed by atoms with Crippen LogP contribution in [0.5, 0.6) is 0 Å². The molecule has 0 unspecified atom stereocenters. The van der Waals surface area contributed by atoms with Gasteiger partial charge in [0.2, 0.25) is 0 Å². The quantitative estimate of drug-likeness (QED) is 0.499. The summed E-state index contributed by atoms with van der Waals surface area (Å²) in [6, 6.07) is 7.84. The van der Waals surface area contributed by atoms with E-state index in [1.54, 1.807) is 24.3 Å². The molecule has 1 aromatic carbocycles. The van der Waals surface area contributed by atoms with E-state index in [4.69, 9.17) is 8.92 Å². The molecular formula is C18H27NO7S. The third kappa shape index (κ3) is 9.95. The summed E-state index contributed by atoms with van der Waals surface area (Å²) in [5.41, 5.74) is 0.453. The first-order chi connectivity index (χ1) is 12.5. The molecule has 0 aliphatic rings. The maximum absolute atomic E-state index is 12.0. The second-order valence-corrected chi connectivity index (χ2v) is 8.91. The molecule has 0 saturated carbocycles. The molecule has 0 saturated heterocycles. The number of esters is 1. The van der Waals surface area contributed by atoms with E-state index in [2.05, 4.69) is 10.1 Å². The van der Waals surface area contributed by atoms with Crippen molar-refractivity contribution in [3.63, 3.8) is 0 Å². The van der Waals surface area contributed by atoms with E-state index in [-0.39, 0.29) is 25.0 Å². The van der Waals surface area contributed by atoms with Crippen LogP contribution in [0.25, 0.3) is 0 Å². The van der Waals surface area contributed by atoms with E-state index in [0.717, 1.165) is 12.7 Å². The van der Waals surface area contributed by atoms with Crippen molar-refractivity contribution in [2.24, 2.45) is 5.41 Å². The van der Waals surface area contributed by atoms with Crippen molar-refractivity contribution in [3.8, 4) is 0 Å². The Labute approximate surface area is 160 Å². The van der Waals surface area contributed by atoms with Crippen molar-refractivity contribution in [2.45, 2.75) is 39.8 Å². The summed E-state index contributed by atoms with van der Waals surface area (Å²) in [7, 11) is -2.69. The van der Waals surface area contributed by atoms with E-state index in [0.29, 0.717) is 0 Å². The fourth-order valence-electron chi connectivity index (χ4n) is 1.89. The number of hydrogen-bond acceptors (Lipinski definition) is 7. The highest BCUT2D eigenvalue weighted by Gasteiger charge is 2.26. The Hall–Kier alpha value is -2.13. The summed E-state index contributed by atoms with van der Waals surface area (Å²) in [5.74, 6) is -1.21. The smallest absolute Gasteiger partial charge is 0.408 e. The maximum Gasteiger partial charge on any atom is 0.408 e. The van der Waals surface area contributed by atoms with E-state index >= 15 is 0 Å². The molecule has 1 N–H and O–H groups in total. The lowest BCUT2D eigenvalue weighted by atomic mass is 9.99. The van der Waals surface area contributed by atoms with Crippen molar-refractivity contribution in [2.75, 3.05) is 19.5 Å². The van der Waals surface area contributed by atoms with Crippen LogP contribution in [0.1, 0.15) is 32.8 Å². The summed E-state index contributed by atoms with van der Waals surface area (Å²) in [5, 5.41) is 2.33. The number of carbonyl (C=O) groups excluding carboxylic acids is 2. The lowest BCUT2D eigenvalue weighted by Gasteiger charge is -2.19. The summed E-state index contributed by atoms with van der Waals surface area (Å²) >= 11 is 0. The SMILES string of the molecule is COC(=O)[C@H](CCS(=O)(=O)OCC(C)(C)C)NC(=O)OCc1ccccc1. The molecule has 0 aliphatic carbocycles. The Morgan fingerprint density at radius 1 is 1.15 bits per heavy atom. The minimum atomic E-state index is -3.84. The molecule has 0 fully saturated rings. The Morgan fingerprint density at radius 2 is 1.78 bits per heavy atom. The topological polar surface area (TPSA) is 108 Å². The fraction of sp³-hybridized carbons (Fsp3) is 0.556. The molecule has 0 spiro atoms. The fourth-order valence-corrected chi connectivity index (χ4v) is 3.06. The number of alkyl carbamates (subject to hydrolysis) is 1. The number of carbonyl (C=O) groups is 2. The van der Waals surface area contributed by atoms with Crippen molar-refractivity contribution in [1.82, 2.24) is 5.32 Å². The molecule has 1 amide bonds. The zero-order valence-electron chi connectivity index (χ0n) is 16.1. The third-order valence-electron chi connectivity index (χ3n) is 3.32. The van der Waals surface area contributed by atoms with Crippen molar-refractivity contribution in [3.05, 3.63) is 35.9 Å². The van der Waals surface area contributed by atoms with Gasteiger partial charge in [0, 0.05) is 0 Å². The summed E-state index contributed by atoms with van der Waals surface area (Å²) in [6.45, 7) is 5.55. The largest absolute Gasteiger partial charge is 0.467 e. The highest BCUT2D eigenvalue weighted by atomic mass is 32.2. The zero-order valence-corrected chi connectivity index (χ0v) is 16.9. The number of rotatable bonds is 9. The molecule has 0 heterocycles. The molecule has 1 rings (SSSR count). The van der Waals surface area contributed by atoms with Gasteiger partial charge in [0.05, 0.1) is 19.5 Å². The van der Waals surface area contributed by atoms with E-state index in [1.807, 2.05) is 26.8 Å². The highest BCUT2D eigenvalue weighted by molar-refractivity contribution is 7.86. The highest BCUT2D eigenvalue weighted by Crippen LogP contribution is 2.15. The maximum atomic E-state index is 12.0. The predicted molar refractivity (Wildman–Crippen MR) is 99.4 cm³/mol. The molecular weight excluding hydrogens is 374 g/mol. The first-order valence-corrected chi connectivity index (χ1v) is 10.0. The number of methoxy groups -OCH3 is 1. The van der Waals surface area contributed by atoms with Crippen LogP contribution in [0.2, 0.25) is 0 Å². The van der Waals surface area contributed by atoms with Gasteiger partial charge in [0.1, 0.15) is 12.6 Å². The summed E-state index contributed by atoms with van der Waals surface area (Å²) in [6.07, 6.45) is -1.04. The Balaban J connectivity index is 2.57. The van der Waals surface area contributed by atoms with Crippen LogP contribution in [-0.2, 0) is 35.2 Å². The molecule has 27 heavy (non-hydrogen) atoms. The van der Waals surface area contributed by atoms with Crippen molar-refractivity contribution in [1.29, 1.82) is 0 Å². The molecule has 0 aliphatic heterocycles. The van der Waals surface area contributed by atoms with Gasteiger partial charge in [-0.2, -0.15) is 8.42 Å². The number of nitrogens with one attached hydrogen (secondary N) is 1. The standard InChI is InChI=1S/C18H27NO7S/c1-18(2,3)13-26-27(22,23)11-10-15(16(20)24-4)19-17(21)25-12-14-8-6-5-7-9-14/h5-9,15H,10-13H2,1-4H3,(H,19,21)/t15-/m0/s1. The number of benzene rings is 1. The van der Waals surface area contributed by atoms with Crippen LogP contribution in [0.3, 0.4) is 0 Å². The average Bonchev–Trinajstić information content (AvgIpc) is 2.61. The van der Waals surface area contributed by atoms with Gasteiger partial charge in [-0.3, -0.25) is 4.18 Å². The van der Waals surface area contributed by atoms with Crippen LogP contribution in [0.4, 0.5) is 4.79 Å². The van der Waals surface area contributed by atoms with Gasteiger partial charge < -0.3 is 14.8 Å². The Bertz CT molecular complexity index is 711. The number of hydrogen-bond donors (Lipinski definition) is 1. The van der Waals surface area contributed by atoms with Gasteiger partial charge in [0.15, 0.2) is 0 Å². The molecule has 1 atom stereocenters. The Morgan fingerprint density at radius 3 is 2.33 bits per heavy atom. The van der Waals surface area contributed by atoms with Crippen LogP contribution in [-0.4, -0.2) is 46.0 Å². The normalized spacial score (nSPS) is 12.9. The van der Waals surface area contributed by atoms with E-state index in [9.17, 15) is 18.0 Å². The van der Waals surface area contributed by atoms with Crippen LogP contribution in [0.15, 0.2) is 30.3 Å². The van der Waals surface area contributed by atoms with Gasteiger partial charge in [-0.1, -0.05) is 51.1 Å². The molecule has 152 valence electrons. The minimum absolute atomic E-state index is 0.0186. The molecule has 0 aromatic heterocycles. The molecule has 1 aromatic rings. The molecule has 0 bridgehead atoms. The molecule has 8 nitrogen and oxygen atoms in total. The predicted octanol–water partition coefficient (Wildman–Crippen LogP) is 2.24. The van der Waals surface area contributed by atoms with Gasteiger partial charge in [-0.05, 0) is 17.4 Å². The van der Waals surface area contributed by atoms with Crippen molar-refractivity contribution < 1.29 is 31.7 Å². The summed E-state index contributed by atoms with van der Waals surface area (Å²) < 4.78 is 38.5. The van der Waals surface area contributed by atoms with E-state index < -0.39 is 34.0 Å². The second kappa shape index (κ2) is 10.3. The average molecular weight is 401 g/mol. The minimum Gasteiger partial charge on any atom is -0.467 e. The number of amides is 1. The van der Waals surface area contributed by atoms with E-state index in [1.165, 1.54) is 0 Å². The second-order valence-electron chi connectivity index (χ2n) is 7.16. The van der Waals surface area contributed by atoms with Crippen LogP contribution >= 0.6 is 0 Å². The van der Waals surface area contributed by atoms with Gasteiger partial charge in [-0.15, -0.1) is 0 Å². The van der Waals surface area contributed by atoms with Crippen molar-refractivity contribution >= 4 is 22.2 Å². The van der Waals surface area contributed by atoms with Crippen LogP contribution in [0, 0.1) is 5.41 Å². The molecule has 0 radical (unpaired) electrons. The lowest BCUT2D eigenvalue weighted by molar-refractivity contribution is -0.143. The van der Waals surface area contributed by atoms with Crippen LogP contribution < -0.4 is 5.32 Å². The summed E-state index contributed by atoms with van der Waals surface area (Å²) in [4.78, 5) is 23.7. The van der Waals surface area contributed by atoms with Gasteiger partial charge in [0.25, 0.3) is 10.1 Å². The monoisotopic (exact) mass is 401 g/mol. The molecule has 9 heteroatoms. The zero-order chi connectivity index (χ0) is 20.5. The van der Waals surface area contributed by atoms with Gasteiger partial charge >= 0.3 is 12.1 Å². The third-order valence-corrected chi connectivity index (χ3v) is 4.53. The van der Waals surface area contributed by atoms with Gasteiger partial charge in [-0.25, -0.2) is 9.59 Å². The first kappa shape index (κ1) is 22.9. The number of ether oxygens (including phenoxy) is 2. The lowest BCUT2D eigenvalue weighted by Crippen LogP contribution is -2.43. The first-order valence-electron chi connectivity index (χ1n) is 8.44. The Kier molecular flexibility index (Phi) is 8.71.